The van der Waals surface area contributed by atoms with E-state index in [9.17, 15) is 9.59 Å². The fraction of sp³-hybridized carbons (Fsp3) is 0.550. The topological polar surface area (TPSA) is 66.7 Å². The summed E-state index contributed by atoms with van der Waals surface area (Å²) in [6.45, 7) is 5.11. The van der Waals surface area contributed by atoms with Crippen molar-refractivity contribution in [3.8, 4) is 0 Å². The fourth-order valence-electron chi connectivity index (χ4n) is 3.69. The van der Waals surface area contributed by atoms with Crippen LogP contribution in [0, 0.1) is 0 Å². The summed E-state index contributed by atoms with van der Waals surface area (Å²) in [5.74, 6) is -0.0285. The lowest BCUT2D eigenvalue weighted by molar-refractivity contribution is 0.0760. The van der Waals surface area contributed by atoms with Gasteiger partial charge in [-0.1, -0.05) is 31.7 Å². The van der Waals surface area contributed by atoms with Gasteiger partial charge in [0.15, 0.2) is 5.69 Å². The lowest BCUT2D eigenvalue weighted by atomic mass is 10.1. The van der Waals surface area contributed by atoms with Crippen LogP contribution in [-0.2, 0) is 0 Å². The van der Waals surface area contributed by atoms with Crippen molar-refractivity contribution in [2.24, 2.45) is 0 Å². The van der Waals surface area contributed by atoms with E-state index in [1.165, 1.54) is 12.8 Å². The molecule has 2 aromatic rings. The monoisotopic (exact) mass is 356 g/mol. The molecular weight excluding hydrogens is 328 g/mol. The molecule has 0 spiro atoms. The average molecular weight is 356 g/mol. The largest absolute Gasteiger partial charge is 0.348 e. The predicted molar refractivity (Wildman–Crippen MR) is 101 cm³/mol. The van der Waals surface area contributed by atoms with Crippen LogP contribution in [0.4, 0.5) is 0 Å². The molecule has 1 saturated carbocycles. The molecule has 2 aromatic heterocycles. The van der Waals surface area contributed by atoms with Gasteiger partial charge in [-0.15, -0.1) is 0 Å². The van der Waals surface area contributed by atoms with E-state index in [4.69, 9.17) is 0 Å². The summed E-state index contributed by atoms with van der Waals surface area (Å²) >= 11 is 0. The van der Waals surface area contributed by atoms with Crippen molar-refractivity contribution in [1.82, 2.24) is 19.6 Å². The average Bonchev–Trinajstić information content (AvgIpc) is 2.86. The summed E-state index contributed by atoms with van der Waals surface area (Å²) in [5, 5.41) is 3.14. The second-order valence-electron chi connectivity index (χ2n) is 6.88. The van der Waals surface area contributed by atoms with Crippen molar-refractivity contribution in [3.05, 3.63) is 35.9 Å². The van der Waals surface area contributed by atoms with Crippen molar-refractivity contribution < 1.29 is 9.59 Å². The van der Waals surface area contributed by atoms with Crippen LogP contribution in [0.1, 0.15) is 73.5 Å². The first-order valence-electron chi connectivity index (χ1n) is 9.72. The van der Waals surface area contributed by atoms with Gasteiger partial charge in [-0.25, -0.2) is 4.98 Å². The van der Waals surface area contributed by atoms with E-state index in [0.29, 0.717) is 30.1 Å². The van der Waals surface area contributed by atoms with E-state index in [-0.39, 0.29) is 17.9 Å². The third-order valence-electron chi connectivity index (χ3n) is 5.20. The van der Waals surface area contributed by atoms with Crippen molar-refractivity contribution >= 4 is 17.3 Å². The Labute approximate surface area is 154 Å². The minimum absolute atomic E-state index is 0.148. The number of nitrogens with zero attached hydrogens (tertiary/aromatic N) is 3. The van der Waals surface area contributed by atoms with Gasteiger partial charge in [0, 0.05) is 25.3 Å². The molecule has 1 fully saturated rings. The molecule has 1 aliphatic rings. The zero-order valence-corrected chi connectivity index (χ0v) is 15.7. The van der Waals surface area contributed by atoms with Crippen LogP contribution < -0.4 is 5.32 Å². The number of hydrogen-bond acceptors (Lipinski definition) is 3. The van der Waals surface area contributed by atoms with E-state index in [1.54, 1.807) is 15.5 Å². The number of carbonyl (C=O) groups excluding carboxylic acids is 2. The molecule has 2 heterocycles. The van der Waals surface area contributed by atoms with Crippen LogP contribution in [0.2, 0.25) is 0 Å². The van der Waals surface area contributed by atoms with Gasteiger partial charge in [-0.05, 0) is 38.8 Å². The summed E-state index contributed by atoms with van der Waals surface area (Å²) in [4.78, 5) is 31.8. The standard InChI is InChI=1S/C20H28N4O2/c1-3-23(4-2)20(26)18-22-17(16-13-9-10-14-24(16)18)19(25)21-15-11-7-5-6-8-12-15/h9-10,13-15H,3-8,11-12H2,1-2H3,(H,21,25). The summed E-state index contributed by atoms with van der Waals surface area (Å²) < 4.78 is 1.72. The Kier molecular flexibility index (Phi) is 5.91. The molecule has 0 aromatic carbocycles. The van der Waals surface area contributed by atoms with Crippen LogP contribution in [-0.4, -0.2) is 45.2 Å². The number of aromatic nitrogens is 2. The first-order chi connectivity index (χ1) is 12.7. The van der Waals surface area contributed by atoms with Crippen LogP contribution >= 0.6 is 0 Å². The summed E-state index contributed by atoms with van der Waals surface area (Å²) in [7, 11) is 0. The Morgan fingerprint density at radius 1 is 1.15 bits per heavy atom. The minimum atomic E-state index is -0.181. The van der Waals surface area contributed by atoms with Gasteiger partial charge in [0.2, 0.25) is 5.82 Å². The molecule has 140 valence electrons. The zero-order chi connectivity index (χ0) is 18.5. The highest BCUT2D eigenvalue weighted by Gasteiger charge is 2.25. The molecular formula is C20H28N4O2. The smallest absolute Gasteiger partial charge is 0.290 e. The molecule has 0 bridgehead atoms. The highest BCUT2D eigenvalue weighted by Crippen LogP contribution is 2.19. The van der Waals surface area contributed by atoms with Crippen molar-refractivity contribution in [2.75, 3.05) is 13.1 Å². The number of hydrogen-bond donors (Lipinski definition) is 1. The lowest BCUT2D eigenvalue weighted by Crippen LogP contribution is -2.35. The molecule has 26 heavy (non-hydrogen) atoms. The van der Waals surface area contributed by atoms with Crippen LogP contribution in [0.15, 0.2) is 24.4 Å². The van der Waals surface area contributed by atoms with E-state index in [0.717, 1.165) is 25.7 Å². The molecule has 6 heteroatoms. The van der Waals surface area contributed by atoms with E-state index in [2.05, 4.69) is 10.3 Å². The molecule has 3 rings (SSSR count). The molecule has 2 amide bonds. The van der Waals surface area contributed by atoms with Gasteiger partial charge >= 0.3 is 0 Å². The maximum atomic E-state index is 12.9. The maximum Gasteiger partial charge on any atom is 0.290 e. The molecule has 0 aliphatic heterocycles. The molecule has 1 aliphatic carbocycles. The van der Waals surface area contributed by atoms with Gasteiger partial charge in [-0.3, -0.25) is 14.0 Å². The SMILES string of the molecule is CCN(CC)C(=O)c1nc(C(=O)NC2CCCCCC2)c2ccccn12. The van der Waals surface area contributed by atoms with Crippen molar-refractivity contribution in [1.29, 1.82) is 0 Å². The van der Waals surface area contributed by atoms with Gasteiger partial charge < -0.3 is 10.2 Å². The third-order valence-corrected chi connectivity index (χ3v) is 5.20. The summed E-state index contributed by atoms with van der Waals surface area (Å²) in [6.07, 6.45) is 8.61. The Hall–Kier alpha value is -2.37. The number of carbonyl (C=O) groups is 2. The highest BCUT2D eigenvalue weighted by atomic mass is 16.2. The Morgan fingerprint density at radius 3 is 2.50 bits per heavy atom. The molecule has 0 radical (unpaired) electrons. The zero-order valence-electron chi connectivity index (χ0n) is 15.7. The minimum Gasteiger partial charge on any atom is -0.348 e. The lowest BCUT2D eigenvalue weighted by Gasteiger charge is -2.17. The molecule has 6 nitrogen and oxygen atoms in total. The van der Waals surface area contributed by atoms with Crippen LogP contribution in [0.5, 0.6) is 0 Å². The Morgan fingerprint density at radius 2 is 1.85 bits per heavy atom. The Balaban J connectivity index is 1.91. The van der Waals surface area contributed by atoms with Gasteiger partial charge in [0.05, 0.1) is 5.52 Å². The molecule has 0 saturated heterocycles. The summed E-state index contributed by atoms with van der Waals surface area (Å²) in [5.41, 5.74) is 1.01. The van der Waals surface area contributed by atoms with Crippen LogP contribution in [0.3, 0.4) is 0 Å². The van der Waals surface area contributed by atoms with E-state index < -0.39 is 0 Å². The second-order valence-corrected chi connectivity index (χ2v) is 6.88. The van der Waals surface area contributed by atoms with Crippen LogP contribution in [0.25, 0.3) is 5.52 Å². The molecule has 1 N–H and O–H groups in total. The van der Waals surface area contributed by atoms with Gasteiger partial charge in [-0.2, -0.15) is 0 Å². The van der Waals surface area contributed by atoms with Crippen molar-refractivity contribution in [3.63, 3.8) is 0 Å². The second kappa shape index (κ2) is 8.34. The molecule has 0 unspecified atom stereocenters. The third kappa shape index (κ3) is 3.74. The quantitative estimate of drug-likeness (QED) is 0.836. The van der Waals surface area contributed by atoms with Gasteiger partial charge in [0.1, 0.15) is 0 Å². The Bertz CT molecular complexity index is 771. The summed E-state index contributed by atoms with van der Waals surface area (Å²) in [6, 6.07) is 5.76. The normalized spacial score (nSPS) is 15.6. The number of rotatable bonds is 5. The fourth-order valence-corrected chi connectivity index (χ4v) is 3.69. The highest BCUT2D eigenvalue weighted by molar-refractivity contribution is 6.02. The number of pyridine rings is 1. The number of nitrogens with one attached hydrogen (secondary N) is 1. The number of amides is 2. The van der Waals surface area contributed by atoms with Crippen molar-refractivity contribution in [2.45, 2.75) is 58.4 Å². The number of fused-ring (bicyclic) bond motifs is 1. The maximum absolute atomic E-state index is 12.9. The van der Waals surface area contributed by atoms with Gasteiger partial charge in [0.25, 0.3) is 11.8 Å². The first-order valence-corrected chi connectivity index (χ1v) is 9.72. The molecule has 0 atom stereocenters. The number of imidazole rings is 1. The van der Waals surface area contributed by atoms with E-state index >= 15 is 0 Å². The predicted octanol–water partition coefficient (Wildman–Crippen LogP) is 3.27. The first kappa shape index (κ1) is 18.4. The van der Waals surface area contributed by atoms with E-state index in [1.807, 2.05) is 32.0 Å².